The van der Waals surface area contributed by atoms with Gasteiger partial charge in [-0.3, -0.25) is 4.79 Å². The van der Waals surface area contributed by atoms with E-state index in [1.807, 2.05) is 30.3 Å². The highest BCUT2D eigenvalue weighted by Crippen LogP contribution is 2.22. The van der Waals surface area contributed by atoms with Crippen molar-refractivity contribution in [2.24, 2.45) is 0 Å². The molecule has 2 aromatic carbocycles. The van der Waals surface area contributed by atoms with Gasteiger partial charge in [-0.25, -0.2) is 13.8 Å². The summed E-state index contributed by atoms with van der Waals surface area (Å²) in [6, 6.07) is 16.1. The fourth-order valence-corrected chi connectivity index (χ4v) is 2.97. The molecule has 0 aliphatic rings. The highest BCUT2D eigenvalue weighted by atomic mass is 19.1. The van der Waals surface area contributed by atoms with E-state index in [1.165, 1.54) is 18.0 Å². The minimum atomic E-state index is -0.414. The Morgan fingerprint density at radius 2 is 1.82 bits per heavy atom. The molecule has 0 atom stereocenters. The number of hydrogen-bond donors (Lipinski definition) is 0. The smallest absolute Gasteiger partial charge is 0.251 e. The van der Waals surface area contributed by atoms with E-state index in [9.17, 15) is 9.18 Å². The first-order valence-electron chi connectivity index (χ1n) is 8.63. The first kappa shape index (κ1) is 17.7. The molecule has 0 saturated heterocycles. The van der Waals surface area contributed by atoms with E-state index in [0.717, 1.165) is 5.69 Å². The van der Waals surface area contributed by atoms with Crippen LogP contribution in [-0.2, 0) is 0 Å². The van der Waals surface area contributed by atoms with Crippen molar-refractivity contribution in [1.29, 1.82) is 0 Å². The lowest BCUT2D eigenvalue weighted by Crippen LogP contribution is -2.18. The molecule has 2 heterocycles. The number of ether oxygens (including phenoxy) is 1. The second-order valence-electron chi connectivity index (χ2n) is 6.19. The van der Waals surface area contributed by atoms with Crippen molar-refractivity contribution in [3.63, 3.8) is 0 Å². The number of hydrogen-bond acceptors (Lipinski definition) is 4. The first-order chi connectivity index (χ1) is 13.6. The first-order valence-corrected chi connectivity index (χ1v) is 8.63. The number of aromatic nitrogens is 4. The van der Waals surface area contributed by atoms with Gasteiger partial charge in [0.25, 0.3) is 5.43 Å². The van der Waals surface area contributed by atoms with Crippen LogP contribution >= 0.6 is 0 Å². The van der Waals surface area contributed by atoms with E-state index < -0.39 is 11.2 Å². The number of para-hydroxylation sites is 1. The molecule has 140 valence electrons. The number of nitrogens with zero attached hydrogens (tertiary/aromatic N) is 4. The molecule has 4 rings (SSSR count). The topological polar surface area (TPSA) is 61.9 Å². The van der Waals surface area contributed by atoms with E-state index in [2.05, 4.69) is 10.2 Å². The summed E-state index contributed by atoms with van der Waals surface area (Å²) in [5.74, 6) is -0.352. The summed E-state index contributed by atoms with van der Waals surface area (Å²) in [5.41, 5.74) is 1.68. The van der Waals surface area contributed by atoms with Crippen molar-refractivity contribution >= 4 is 0 Å². The van der Waals surface area contributed by atoms with Crippen LogP contribution in [0.15, 0.2) is 71.8 Å². The lowest BCUT2D eigenvalue weighted by molar-refractivity contribution is 0.405. The van der Waals surface area contributed by atoms with Crippen LogP contribution < -0.4 is 10.2 Å². The molecule has 0 amide bonds. The van der Waals surface area contributed by atoms with Crippen molar-refractivity contribution in [1.82, 2.24) is 19.6 Å². The van der Waals surface area contributed by atoms with Gasteiger partial charge in [0, 0.05) is 0 Å². The van der Waals surface area contributed by atoms with Gasteiger partial charge in [-0.1, -0.05) is 30.3 Å². The molecule has 7 heteroatoms. The van der Waals surface area contributed by atoms with Crippen molar-refractivity contribution in [2.75, 3.05) is 7.11 Å². The third kappa shape index (κ3) is 2.96. The zero-order valence-corrected chi connectivity index (χ0v) is 15.3. The molecule has 2 aromatic heterocycles. The Bertz CT molecular complexity index is 1200. The van der Waals surface area contributed by atoms with Crippen molar-refractivity contribution < 1.29 is 9.13 Å². The van der Waals surface area contributed by atoms with E-state index in [1.54, 1.807) is 42.1 Å². The summed E-state index contributed by atoms with van der Waals surface area (Å²) >= 11 is 0. The van der Waals surface area contributed by atoms with Crippen LogP contribution in [0.3, 0.4) is 0 Å². The molecule has 0 saturated carbocycles. The average molecular weight is 376 g/mol. The van der Waals surface area contributed by atoms with Crippen molar-refractivity contribution in [3.8, 4) is 28.5 Å². The van der Waals surface area contributed by atoms with Gasteiger partial charge in [0.2, 0.25) is 0 Å². The molecule has 28 heavy (non-hydrogen) atoms. The van der Waals surface area contributed by atoms with E-state index >= 15 is 0 Å². The maximum Gasteiger partial charge on any atom is 0.251 e. The highest BCUT2D eigenvalue weighted by Gasteiger charge is 2.19. The lowest BCUT2D eigenvalue weighted by atomic mass is 10.2. The normalized spacial score (nSPS) is 10.8. The Morgan fingerprint density at radius 1 is 1.04 bits per heavy atom. The van der Waals surface area contributed by atoms with Gasteiger partial charge in [0.05, 0.1) is 30.9 Å². The predicted octanol–water partition coefficient (Wildman–Crippen LogP) is 3.54. The number of aryl methyl sites for hydroxylation is 1. The molecule has 4 aromatic rings. The zero-order chi connectivity index (χ0) is 19.7. The number of methoxy groups -OCH3 is 1. The monoisotopic (exact) mass is 376 g/mol. The fourth-order valence-electron chi connectivity index (χ4n) is 2.97. The third-order valence-electron chi connectivity index (χ3n) is 4.41. The summed E-state index contributed by atoms with van der Waals surface area (Å²) in [6.45, 7) is 1.67. The SMILES string of the molecule is COc1cn(-c2cccc(C)c2F)nc(-c2ccnn2-c2ccccc2)c1=O. The molecular weight excluding hydrogens is 359 g/mol. The molecule has 0 radical (unpaired) electrons. The van der Waals surface area contributed by atoms with Crippen LogP contribution in [0.2, 0.25) is 0 Å². The van der Waals surface area contributed by atoms with Crippen LogP contribution in [0.25, 0.3) is 22.8 Å². The maximum absolute atomic E-state index is 14.6. The van der Waals surface area contributed by atoms with Crippen LogP contribution in [0, 0.1) is 12.7 Å². The number of rotatable bonds is 4. The molecule has 0 bridgehead atoms. The highest BCUT2D eigenvalue weighted by molar-refractivity contribution is 5.59. The summed E-state index contributed by atoms with van der Waals surface area (Å²) in [4.78, 5) is 12.9. The largest absolute Gasteiger partial charge is 0.491 e. The number of halogens is 1. The van der Waals surface area contributed by atoms with Crippen LogP contribution in [-0.4, -0.2) is 26.7 Å². The minimum Gasteiger partial charge on any atom is -0.491 e. The van der Waals surface area contributed by atoms with E-state index in [4.69, 9.17) is 4.74 Å². The second kappa shape index (κ2) is 7.11. The molecule has 0 unspecified atom stereocenters. The Labute approximate surface area is 160 Å². The summed E-state index contributed by atoms with van der Waals surface area (Å²) in [6.07, 6.45) is 2.97. The van der Waals surface area contributed by atoms with Crippen molar-refractivity contribution in [3.05, 3.63) is 88.6 Å². The second-order valence-corrected chi connectivity index (χ2v) is 6.19. The molecule has 6 nitrogen and oxygen atoms in total. The molecule has 0 aliphatic heterocycles. The Kier molecular flexibility index (Phi) is 4.49. The van der Waals surface area contributed by atoms with Gasteiger partial charge in [0.1, 0.15) is 5.69 Å². The summed E-state index contributed by atoms with van der Waals surface area (Å²) < 4.78 is 22.8. The van der Waals surface area contributed by atoms with E-state index in [-0.39, 0.29) is 17.1 Å². The molecular formula is C21H17FN4O2. The Hall–Kier alpha value is -3.74. The van der Waals surface area contributed by atoms with Gasteiger partial charge in [0.15, 0.2) is 17.3 Å². The summed E-state index contributed by atoms with van der Waals surface area (Å²) in [7, 11) is 1.39. The van der Waals surface area contributed by atoms with Crippen LogP contribution in [0.1, 0.15) is 5.56 Å². The fraction of sp³-hybridized carbons (Fsp3) is 0.0952. The molecule has 0 aliphatic carbocycles. The molecule has 0 N–H and O–H groups in total. The van der Waals surface area contributed by atoms with Gasteiger partial charge < -0.3 is 4.74 Å². The van der Waals surface area contributed by atoms with Gasteiger partial charge in [-0.05, 0) is 36.8 Å². The van der Waals surface area contributed by atoms with Gasteiger partial charge in [-0.15, -0.1) is 0 Å². The van der Waals surface area contributed by atoms with Gasteiger partial charge in [-0.2, -0.15) is 10.2 Å². The van der Waals surface area contributed by atoms with Crippen LogP contribution in [0.4, 0.5) is 4.39 Å². The third-order valence-corrected chi connectivity index (χ3v) is 4.41. The zero-order valence-electron chi connectivity index (χ0n) is 15.3. The minimum absolute atomic E-state index is 0.0618. The van der Waals surface area contributed by atoms with Crippen LogP contribution in [0.5, 0.6) is 5.75 Å². The van der Waals surface area contributed by atoms with Gasteiger partial charge >= 0.3 is 0 Å². The molecule has 0 fully saturated rings. The molecule has 0 spiro atoms. The average Bonchev–Trinajstić information content (AvgIpc) is 3.21. The predicted molar refractivity (Wildman–Crippen MR) is 104 cm³/mol. The Balaban J connectivity index is 1.96. The van der Waals surface area contributed by atoms with Crippen molar-refractivity contribution in [2.45, 2.75) is 6.92 Å². The quantitative estimate of drug-likeness (QED) is 0.547. The Morgan fingerprint density at radius 3 is 2.57 bits per heavy atom. The lowest BCUT2D eigenvalue weighted by Gasteiger charge is -2.13. The van der Waals surface area contributed by atoms with E-state index in [0.29, 0.717) is 11.3 Å². The standard InChI is InChI=1S/C21H17FN4O2/c1-14-7-6-10-16(19(14)22)25-13-18(28-2)21(27)20(24-25)17-11-12-23-26(17)15-8-4-3-5-9-15/h3-13H,1-2H3. The maximum atomic E-state index is 14.6. The summed E-state index contributed by atoms with van der Waals surface area (Å²) in [5, 5.41) is 8.71. The number of benzene rings is 2.